The van der Waals surface area contributed by atoms with Crippen molar-refractivity contribution < 1.29 is 39.2 Å². The number of carbonyl (C=O) groups excluding carboxylic acids is 6. The van der Waals surface area contributed by atoms with Crippen LogP contribution in [0.2, 0.25) is 0 Å². The molecule has 0 fully saturated rings. The van der Waals surface area contributed by atoms with Crippen molar-refractivity contribution in [3.05, 3.63) is 67.5 Å². The predicted octanol–water partition coefficient (Wildman–Crippen LogP) is 0.769. The molecule has 0 aliphatic carbocycles. The highest BCUT2D eigenvalue weighted by atomic mass is 16.5. The van der Waals surface area contributed by atoms with Crippen LogP contribution in [-0.4, -0.2) is 109 Å². The molecule has 6 N–H and O–H groups in total. The van der Waals surface area contributed by atoms with E-state index >= 15 is 0 Å². The smallest absolute Gasteiger partial charge is 0.296 e. The lowest BCUT2D eigenvalue weighted by Gasteiger charge is -2.49. The summed E-state index contributed by atoms with van der Waals surface area (Å²) in [7, 11) is 0. The first-order valence-corrected chi connectivity index (χ1v) is 17.8. The van der Waals surface area contributed by atoms with E-state index in [1.165, 1.54) is 20.8 Å². The first kappa shape index (κ1) is 42.7. The molecule has 18 nitrogen and oxygen atoms in total. The van der Waals surface area contributed by atoms with E-state index in [0.717, 1.165) is 24.3 Å². The molecule has 5 rings (SSSR count). The fraction of sp³-hybridized carbons (Fsp3) is 0.556. The molecule has 0 aromatic carbocycles. The lowest BCUT2D eigenvalue weighted by molar-refractivity contribution is -0.142. The van der Waals surface area contributed by atoms with Crippen molar-refractivity contribution in [1.29, 1.82) is 0 Å². The van der Waals surface area contributed by atoms with Gasteiger partial charge in [-0.25, -0.2) is 0 Å². The van der Waals surface area contributed by atoms with Gasteiger partial charge in [0.25, 0.3) is 34.7 Å². The zero-order chi connectivity index (χ0) is 40.8. The quantitative estimate of drug-likeness (QED) is 0.206. The van der Waals surface area contributed by atoms with Crippen LogP contribution in [0.15, 0.2) is 33.9 Å². The number of amides is 6. The molecule has 6 amide bonds. The van der Waals surface area contributed by atoms with Gasteiger partial charge in [0, 0.05) is 51.1 Å². The van der Waals surface area contributed by atoms with E-state index in [1.54, 1.807) is 16.7 Å². The fourth-order valence-electron chi connectivity index (χ4n) is 6.63. The van der Waals surface area contributed by atoms with E-state index in [1.807, 2.05) is 34.6 Å². The van der Waals surface area contributed by atoms with E-state index in [2.05, 4.69) is 21.3 Å². The van der Waals surface area contributed by atoms with Crippen LogP contribution in [0.5, 0.6) is 0 Å². The molecule has 296 valence electrons. The van der Waals surface area contributed by atoms with Crippen LogP contribution in [0.25, 0.3) is 0 Å². The Bertz CT molecular complexity index is 1900. The maximum absolute atomic E-state index is 13.3. The Balaban J connectivity index is 1.99. The first-order valence-electron chi connectivity index (χ1n) is 17.8. The number of hydrogen-bond donors (Lipinski definition) is 6. The monoisotopic (exact) mass is 756 g/mol. The molecule has 5 atom stereocenters. The van der Waals surface area contributed by atoms with Crippen LogP contribution in [0.4, 0.5) is 0 Å². The zero-order valence-electron chi connectivity index (χ0n) is 32.2. The minimum atomic E-state index is -1.19. The third kappa shape index (κ3) is 9.45. The van der Waals surface area contributed by atoms with Crippen molar-refractivity contribution in [2.45, 2.75) is 98.9 Å². The minimum Gasteiger partial charge on any atom is -0.425 e. The Morgan fingerprint density at radius 2 is 1.20 bits per heavy atom. The number of aromatic nitrogens is 2. The van der Waals surface area contributed by atoms with Crippen molar-refractivity contribution in [1.82, 2.24) is 40.5 Å². The summed E-state index contributed by atoms with van der Waals surface area (Å²) in [4.78, 5) is 107. The normalized spacial score (nSPS) is 24.0. The molecule has 18 heteroatoms. The number of carbonyl (C=O) groups is 6. The van der Waals surface area contributed by atoms with Crippen LogP contribution in [0.3, 0.4) is 0 Å². The third-order valence-electron chi connectivity index (χ3n) is 10.4. The van der Waals surface area contributed by atoms with Crippen molar-refractivity contribution in [3.63, 3.8) is 0 Å². The molecule has 0 radical (unpaired) electrons. The van der Waals surface area contributed by atoms with E-state index in [0.29, 0.717) is 19.4 Å². The van der Waals surface area contributed by atoms with Gasteiger partial charge in [0.1, 0.15) is 22.5 Å². The van der Waals surface area contributed by atoms with Crippen LogP contribution < -0.4 is 32.4 Å². The minimum absolute atomic E-state index is 0.00312. The van der Waals surface area contributed by atoms with Crippen LogP contribution in [0, 0.1) is 11.8 Å². The number of pyridine rings is 2. The standard InChI is InChI=1S/C36H52N8O10/c1-19-15-18-41(24(6)45)17-10-16-37-30(47)26-11-13-28(43(53)34(26)51)32(49)39-23(5)40-33(50)29-14-12-27(35(52)44(29)54)31(48)38-21(3)20(2)36(8,9)42(22(19)4)25(7)46/h11-14,19-23,53-54H,10,15-18H2,1-9H3,(H,37,47)(H,38,48)(H,39,49)(H,40,50). The Labute approximate surface area is 312 Å². The van der Waals surface area contributed by atoms with E-state index in [4.69, 9.17) is 0 Å². The summed E-state index contributed by atoms with van der Waals surface area (Å²) in [6.45, 7) is 16.2. The zero-order valence-corrected chi connectivity index (χ0v) is 32.2. The summed E-state index contributed by atoms with van der Waals surface area (Å²) >= 11 is 0. The Morgan fingerprint density at radius 3 is 1.69 bits per heavy atom. The Morgan fingerprint density at radius 1 is 0.704 bits per heavy atom. The van der Waals surface area contributed by atoms with Gasteiger partial charge in [-0.05, 0) is 83.6 Å². The maximum Gasteiger partial charge on any atom is 0.296 e. The highest BCUT2D eigenvalue weighted by Gasteiger charge is 2.41. The molecule has 3 aliphatic rings. The second kappa shape index (κ2) is 17.4. The summed E-state index contributed by atoms with van der Waals surface area (Å²) in [6.07, 6.45) is -0.310. The molecule has 3 aliphatic heterocycles. The lowest BCUT2D eigenvalue weighted by atomic mass is 9.80. The first-order chi connectivity index (χ1) is 25.1. The molecule has 5 heterocycles. The van der Waals surface area contributed by atoms with Gasteiger partial charge in [0.15, 0.2) is 0 Å². The van der Waals surface area contributed by atoms with Gasteiger partial charge in [-0.2, -0.15) is 0 Å². The number of hydrogen-bond acceptors (Lipinski definition) is 10. The molecular formula is C36H52N8O10. The summed E-state index contributed by atoms with van der Waals surface area (Å²) in [6, 6.07) is 3.30. The maximum atomic E-state index is 13.3. The highest BCUT2D eigenvalue weighted by Crippen LogP contribution is 2.32. The topological polar surface area (TPSA) is 241 Å². The van der Waals surface area contributed by atoms with Crippen molar-refractivity contribution in [2.75, 3.05) is 19.6 Å². The summed E-state index contributed by atoms with van der Waals surface area (Å²) in [5.41, 5.74) is -5.24. The van der Waals surface area contributed by atoms with Crippen molar-refractivity contribution >= 4 is 35.4 Å². The Kier molecular flexibility index (Phi) is 13.8. The van der Waals surface area contributed by atoms with E-state index < -0.39 is 75.0 Å². The van der Waals surface area contributed by atoms with E-state index in [9.17, 15) is 48.8 Å². The molecule has 0 saturated carbocycles. The largest absolute Gasteiger partial charge is 0.425 e. The van der Waals surface area contributed by atoms with Gasteiger partial charge in [-0.1, -0.05) is 13.8 Å². The number of rotatable bonds is 0. The number of fused-ring (bicyclic) bond motifs is 2. The summed E-state index contributed by atoms with van der Waals surface area (Å²) < 4.78 is -0.0164. The molecule has 4 bridgehead atoms. The van der Waals surface area contributed by atoms with E-state index in [-0.39, 0.29) is 52.2 Å². The second-order valence-electron chi connectivity index (χ2n) is 14.4. The van der Waals surface area contributed by atoms with Crippen molar-refractivity contribution in [2.24, 2.45) is 11.8 Å². The van der Waals surface area contributed by atoms with Crippen LogP contribution >= 0.6 is 0 Å². The molecule has 5 unspecified atom stereocenters. The van der Waals surface area contributed by atoms with Gasteiger partial charge in [-0.15, -0.1) is 9.46 Å². The SMILES string of the molecule is CC(=O)N1CCCNC(=O)c2ccc(n(O)c2=O)C(=O)NC(C)NC(=O)c2ccc(c(=O)n2O)C(=O)NC(C)C(C)C(C)(C)N(C(C)=O)C(C)C(C)CC1. The highest BCUT2D eigenvalue weighted by molar-refractivity contribution is 5.98. The molecular weight excluding hydrogens is 704 g/mol. The van der Waals surface area contributed by atoms with Crippen molar-refractivity contribution in [3.8, 4) is 0 Å². The van der Waals surface area contributed by atoms with Gasteiger partial charge in [-0.3, -0.25) is 38.4 Å². The van der Waals surface area contributed by atoms with Gasteiger partial charge >= 0.3 is 0 Å². The fourth-order valence-corrected chi connectivity index (χ4v) is 6.63. The van der Waals surface area contributed by atoms with Crippen LogP contribution in [0.1, 0.15) is 117 Å². The number of nitrogens with zero attached hydrogens (tertiary/aromatic N) is 4. The summed E-state index contributed by atoms with van der Waals surface area (Å²) in [5, 5.41) is 31.1. The van der Waals surface area contributed by atoms with Crippen LogP contribution in [-0.2, 0) is 9.59 Å². The average molecular weight is 757 g/mol. The molecule has 2 aromatic heterocycles. The second-order valence-corrected chi connectivity index (χ2v) is 14.4. The molecule has 0 spiro atoms. The molecule has 0 saturated heterocycles. The molecule has 54 heavy (non-hydrogen) atoms. The third-order valence-corrected chi connectivity index (χ3v) is 10.4. The summed E-state index contributed by atoms with van der Waals surface area (Å²) in [5.74, 6) is -4.52. The number of nitrogens with one attached hydrogen (secondary N) is 4. The van der Waals surface area contributed by atoms with Gasteiger partial charge in [0.2, 0.25) is 11.8 Å². The predicted molar refractivity (Wildman–Crippen MR) is 195 cm³/mol. The average Bonchev–Trinajstić information content (AvgIpc) is 3.08. The molecule has 2 aromatic rings. The Hall–Kier alpha value is -5.68. The lowest BCUT2D eigenvalue weighted by Crippen LogP contribution is -2.60. The van der Waals surface area contributed by atoms with Gasteiger partial charge in [0.05, 0.1) is 6.17 Å². The van der Waals surface area contributed by atoms with Gasteiger partial charge < -0.3 is 41.5 Å².